The van der Waals surface area contributed by atoms with Crippen molar-refractivity contribution in [3.63, 3.8) is 0 Å². The summed E-state index contributed by atoms with van der Waals surface area (Å²) < 4.78 is 5.24. The molecule has 0 unspecified atom stereocenters. The van der Waals surface area contributed by atoms with Crippen molar-refractivity contribution in [3.05, 3.63) is 35.4 Å². The topological polar surface area (TPSA) is 9.23 Å². The van der Waals surface area contributed by atoms with Gasteiger partial charge in [0.2, 0.25) is 0 Å². The first-order valence-electron chi connectivity index (χ1n) is 5.64. The molecule has 1 rings (SSSR count). The summed E-state index contributed by atoms with van der Waals surface area (Å²) in [7, 11) is 1.77. The molecule has 1 nitrogen and oxygen atoms in total. The molecule has 0 aliphatic carbocycles. The van der Waals surface area contributed by atoms with E-state index in [2.05, 4.69) is 45.0 Å². The Bertz CT molecular complexity index is 302. The summed E-state index contributed by atoms with van der Waals surface area (Å²) in [5.74, 6) is 0. The third-order valence-electron chi connectivity index (χ3n) is 2.62. The van der Waals surface area contributed by atoms with E-state index < -0.39 is 0 Å². The highest BCUT2D eigenvalue weighted by molar-refractivity contribution is 5.24. The monoisotopic (exact) mass is 206 g/mol. The molecule has 0 atom stereocenters. The van der Waals surface area contributed by atoms with Gasteiger partial charge in [0, 0.05) is 7.11 Å². The number of hydrogen-bond acceptors (Lipinski definition) is 1. The number of hydrogen-bond donors (Lipinski definition) is 0. The van der Waals surface area contributed by atoms with Crippen molar-refractivity contribution in [3.8, 4) is 0 Å². The van der Waals surface area contributed by atoms with Crippen LogP contribution in [0.4, 0.5) is 0 Å². The molecule has 0 radical (unpaired) electrons. The summed E-state index contributed by atoms with van der Waals surface area (Å²) in [6, 6.07) is 8.85. The highest BCUT2D eigenvalue weighted by atomic mass is 16.5. The predicted molar refractivity (Wildman–Crippen MR) is 65.2 cm³/mol. The molecule has 0 aromatic heterocycles. The maximum atomic E-state index is 5.24. The van der Waals surface area contributed by atoms with Gasteiger partial charge in [-0.15, -0.1) is 0 Å². The maximum Gasteiger partial charge on any atom is 0.0516 e. The van der Waals surface area contributed by atoms with Crippen molar-refractivity contribution in [2.24, 2.45) is 5.41 Å². The van der Waals surface area contributed by atoms with Crippen molar-refractivity contribution in [2.45, 2.75) is 33.6 Å². The largest absolute Gasteiger partial charge is 0.384 e. The number of methoxy groups -OCH3 is 1. The fourth-order valence-corrected chi connectivity index (χ4v) is 1.95. The molecule has 0 aliphatic rings. The third-order valence-corrected chi connectivity index (χ3v) is 2.62. The van der Waals surface area contributed by atoms with Crippen molar-refractivity contribution < 1.29 is 4.74 Å². The van der Waals surface area contributed by atoms with Crippen molar-refractivity contribution in [1.82, 2.24) is 0 Å². The quantitative estimate of drug-likeness (QED) is 0.717. The Kier molecular flexibility index (Phi) is 4.34. The number of rotatable bonds is 5. The Labute approximate surface area is 93.5 Å². The van der Waals surface area contributed by atoms with Crippen LogP contribution in [0, 0.1) is 5.41 Å². The van der Waals surface area contributed by atoms with Crippen molar-refractivity contribution in [2.75, 3.05) is 13.7 Å². The van der Waals surface area contributed by atoms with Crippen LogP contribution in [0.25, 0.3) is 0 Å². The van der Waals surface area contributed by atoms with E-state index in [1.54, 1.807) is 7.11 Å². The normalized spacial score (nSPS) is 11.7. The second-order valence-electron chi connectivity index (χ2n) is 4.95. The first-order valence-corrected chi connectivity index (χ1v) is 5.64. The minimum absolute atomic E-state index is 0.223. The predicted octanol–water partition coefficient (Wildman–Crippen LogP) is 3.46. The second-order valence-corrected chi connectivity index (χ2v) is 4.95. The lowest BCUT2D eigenvalue weighted by molar-refractivity contribution is 0.105. The molecule has 1 heteroatoms. The van der Waals surface area contributed by atoms with Gasteiger partial charge in [0.25, 0.3) is 0 Å². The zero-order chi connectivity index (χ0) is 11.3. The summed E-state index contributed by atoms with van der Waals surface area (Å²) in [4.78, 5) is 0. The molecule has 0 N–H and O–H groups in total. The van der Waals surface area contributed by atoms with Gasteiger partial charge in [0.15, 0.2) is 0 Å². The molecule has 15 heavy (non-hydrogen) atoms. The van der Waals surface area contributed by atoms with Gasteiger partial charge in [-0.3, -0.25) is 0 Å². The van der Waals surface area contributed by atoms with Crippen LogP contribution in [0.5, 0.6) is 0 Å². The molecule has 0 aliphatic heterocycles. The first kappa shape index (κ1) is 12.3. The Hall–Kier alpha value is -0.820. The summed E-state index contributed by atoms with van der Waals surface area (Å²) in [5, 5.41) is 0. The summed E-state index contributed by atoms with van der Waals surface area (Å²) in [6.45, 7) is 7.49. The van der Waals surface area contributed by atoms with Gasteiger partial charge < -0.3 is 4.74 Å². The molecule has 84 valence electrons. The summed E-state index contributed by atoms with van der Waals surface area (Å²) in [6.07, 6.45) is 2.19. The summed E-state index contributed by atoms with van der Waals surface area (Å²) in [5.41, 5.74) is 3.05. The Morgan fingerprint density at radius 3 is 2.47 bits per heavy atom. The van der Waals surface area contributed by atoms with E-state index in [1.807, 2.05) is 0 Å². The molecule has 0 bridgehead atoms. The van der Waals surface area contributed by atoms with E-state index in [1.165, 1.54) is 11.1 Å². The van der Waals surface area contributed by atoms with Crippen molar-refractivity contribution >= 4 is 0 Å². The lowest BCUT2D eigenvalue weighted by Gasteiger charge is -2.23. The summed E-state index contributed by atoms with van der Waals surface area (Å²) >= 11 is 0. The maximum absolute atomic E-state index is 5.24. The third kappa shape index (κ3) is 4.05. The average molecular weight is 206 g/mol. The zero-order valence-corrected chi connectivity index (χ0v) is 10.3. The smallest absolute Gasteiger partial charge is 0.0516 e. The number of ether oxygens (including phenoxy) is 1. The Morgan fingerprint density at radius 1 is 1.20 bits per heavy atom. The lowest BCUT2D eigenvalue weighted by Crippen LogP contribution is -2.21. The van der Waals surface area contributed by atoms with E-state index >= 15 is 0 Å². The second kappa shape index (κ2) is 5.32. The highest BCUT2D eigenvalue weighted by Gasteiger charge is 2.18. The lowest BCUT2D eigenvalue weighted by atomic mass is 9.86. The van der Waals surface area contributed by atoms with Crippen LogP contribution in [0.2, 0.25) is 0 Å². The van der Waals surface area contributed by atoms with E-state index in [0.29, 0.717) is 0 Å². The number of benzene rings is 1. The van der Waals surface area contributed by atoms with Crippen LogP contribution in [0.3, 0.4) is 0 Å². The van der Waals surface area contributed by atoms with Crippen molar-refractivity contribution in [1.29, 1.82) is 0 Å². The van der Waals surface area contributed by atoms with Crippen LogP contribution in [0.1, 0.15) is 31.9 Å². The van der Waals surface area contributed by atoms with Gasteiger partial charge in [0.1, 0.15) is 0 Å². The van der Waals surface area contributed by atoms with Crippen LogP contribution in [-0.4, -0.2) is 13.7 Å². The average Bonchev–Trinajstić information content (AvgIpc) is 2.17. The molecule has 0 amide bonds. The van der Waals surface area contributed by atoms with Crippen LogP contribution >= 0.6 is 0 Å². The van der Waals surface area contributed by atoms with Crippen LogP contribution < -0.4 is 0 Å². The molecular formula is C14H22O. The SMILES string of the molecule is CCc1cccc(CC(C)(C)COC)c1. The Balaban J connectivity index is 2.71. The first-order chi connectivity index (χ1) is 7.07. The standard InChI is InChI=1S/C14H22O/c1-5-12-7-6-8-13(9-12)10-14(2,3)11-15-4/h6-9H,5,10-11H2,1-4H3. The fraction of sp³-hybridized carbons (Fsp3) is 0.571. The van der Waals surface area contributed by atoms with Gasteiger partial charge >= 0.3 is 0 Å². The molecule has 0 saturated heterocycles. The fourth-order valence-electron chi connectivity index (χ4n) is 1.95. The molecule has 0 saturated carbocycles. The van der Waals surface area contributed by atoms with Crippen LogP contribution in [-0.2, 0) is 17.6 Å². The van der Waals surface area contributed by atoms with Gasteiger partial charge in [-0.05, 0) is 29.4 Å². The molecule has 1 aromatic rings. The molecule has 0 heterocycles. The van der Waals surface area contributed by atoms with E-state index in [9.17, 15) is 0 Å². The Morgan fingerprint density at radius 2 is 1.87 bits per heavy atom. The highest BCUT2D eigenvalue weighted by Crippen LogP contribution is 2.22. The van der Waals surface area contributed by atoms with Gasteiger partial charge in [-0.1, -0.05) is 45.0 Å². The molecule has 0 fully saturated rings. The minimum Gasteiger partial charge on any atom is -0.384 e. The molecule has 0 spiro atoms. The molecular weight excluding hydrogens is 184 g/mol. The van der Waals surface area contributed by atoms with E-state index in [0.717, 1.165) is 19.4 Å². The van der Waals surface area contributed by atoms with Gasteiger partial charge in [-0.2, -0.15) is 0 Å². The number of aryl methyl sites for hydroxylation is 1. The van der Waals surface area contributed by atoms with E-state index in [4.69, 9.17) is 4.74 Å². The minimum atomic E-state index is 0.223. The molecule has 1 aromatic carbocycles. The van der Waals surface area contributed by atoms with Gasteiger partial charge in [-0.25, -0.2) is 0 Å². The van der Waals surface area contributed by atoms with Gasteiger partial charge in [0.05, 0.1) is 6.61 Å². The van der Waals surface area contributed by atoms with Crippen LogP contribution in [0.15, 0.2) is 24.3 Å². The van der Waals surface area contributed by atoms with E-state index in [-0.39, 0.29) is 5.41 Å². The zero-order valence-electron chi connectivity index (χ0n) is 10.3.